The summed E-state index contributed by atoms with van der Waals surface area (Å²) in [6.07, 6.45) is 2.53. The molecule has 1 N–H and O–H groups in total. The van der Waals surface area contributed by atoms with Gasteiger partial charge in [0.1, 0.15) is 11.5 Å². The van der Waals surface area contributed by atoms with Crippen molar-refractivity contribution in [1.82, 2.24) is 0 Å². The molecule has 0 bridgehead atoms. The van der Waals surface area contributed by atoms with Crippen molar-refractivity contribution in [1.29, 1.82) is 0 Å². The van der Waals surface area contributed by atoms with Gasteiger partial charge in [-0.2, -0.15) is 0 Å². The van der Waals surface area contributed by atoms with Crippen LogP contribution in [-0.2, 0) is 9.53 Å². The van der Waals surface area contributed by atoms with E-state index in [-0.39, 0.29) is 17.2 Å². The van der Waals surface area contributed by atoms with E-state index < -0.39 is 17.0 Å². The minimum absolute atomic E-state index is 0.106. The van der Waals surface area contributed by atoms with Gasteiger partial charge in [0.05, 0.1) is 18.6 Å². The van der Waals surface area contributed by atoms with Gasteiger partial charge in [0, 0.05) is 30.4 Å². The molecule has 0 atom stereocenters. The number of nitro groups is 1. The van der Waals surface area contributed by atoms with Crippen molar-refractivity contribution in [2.75, 3.05) is 25.7 Å². The maximum Gasteiger partial charge on any atom is 0.419 e. The number of carboxylic acid groups (broad SMARTS) is 1. The Morgan fingerprint density at radius 3 is 2.45 bits per heavy atom. The van der Waals surface area contributed by atoms with Crippen LogP contribution in [-0.4, -0.2) is 42.9 Å². The van der Waals surface area contributed by atoms with E-state index in [4.69, 9.17) is 14.2 Å². The van der Waals surface area contributed by atoms with Gasteiger partial charge >= 0.3 is 12.1 Å². The summed E-state index contributed by atoms with van der Waals surface area (Å²) in [6.45, 7) is 2.53. The Morgan fingerprint density at radius 1 is 1.08 bits per heavy atom. The third-order valence-corrected chi connectivity index (χ3v) is 5.56. The topological polar surface area (TPSA) is 128 Å². The minimum atomic E-state index is -1.18. The maximum absolute atomic E-state index is 12.7. The first-order chi connectivity index (χ1) is 18.2. The van der Waals surface area contributed by atoms with Crippen molar-refractivity contribution in [3.63, 3.8) is 0 Å². The Hall–Kier alpha value is -4.86. The summed E-state index contributed by atoms with van der Waals surface area (Å²) in [4.78, 5) is 35.7. The summed E-state index contributed by atoms with van der Waals surface area (Å²) >= 11 is 0. The van der Waals surface area contributed by atoms with E-state index in [9.17, 15) is 24.8 Å². The summed E-state index contributed by atoms with van der Waals surface area (Å²) < 4.78 is 16.3. The molecule has 3 aromatic rings. The maximum atomic E-state index is 12.7. The fourth-order valence-corrected chi connectivity index (χ4v) is 3.47. The lowest BCUT2D eigenvalue weighted by Gasteiger charge is -2.19. The van der Waals surface area contributed by atoms with Crippen LogP contribution in [0.5, 0.6) is 11.5 Å². The lowest BCUT2D eigenvalue weighted by molar-refractivity contribution is -0.384. The van der Waals surface area contributed by atoms with Crippen LogP contribution in [0.4, 0.5) is 16.2 Å². The molecule has 0 heterocycles. The van der Waals surface area contributed by atoms with Gasteiger partial charge in [-0.25, -0.2) is 9.59 Å². The summed E-state index contributed by atoms with van der Waals surface area (Å²) in [7, 11) is 2.85. The molecule has 0 aliphatic rings. The first-order valence-corrected chi connectivity index (χ1v) is 11.8. The number of anilines is 1. The number of methoxy groups -OCH3 is 1. The van der Waals surface area contributed by atoms with E-state index in [0.29, 0.717) is 23.6 Å². The van der Waals surface area contributed by atoms with Gasteiger partial charge in [-0.1, -0.05) is 37.6 Å². The van der Waals surface area contributed by atoms with Crippen molar-refractivity contribution in [2.45, 2.75) is 19.8 Å². The second-order valence-electron chi connectivity index (χ2n) is 8.20. The number of carbonyl (C=O) groups is 2. The molecule has 0 aromatic heterocycles. The standard InChI is InChI=1S/C28H28N2O8/c1-4-5-15-37-25-16-19(17-26(36-3)27(31)32)9-14-24(25)20-7-6-8-22(18-20)29(2)28(33)38-23-12-10-21(11-13-23)30(34)35/h6-14,16-18H,4-5,15H2,1-3H3,(H,31,32)/b26-17-. The molecule has 198 valence electrons. The number of nitro benzene ring substituents is 1. The van der Waals surface area contributed by atoms with E-state index in [2.05, 4.69) is 6.92 Å². The lowest BCUT2D eigenvalue weighted by atomic mass is 10.0. The highest BCUT2D eigenvalue weighted by atomic mass is 16.6. The smallest absolute Gasteiger partial charge is 0.419 e. The number of carboxylic acids is 1. The molecule has 0 saturated heterocycles. The van der Waals surface area contributed by atoms with Crippen LogP contribution in [0.2, 0.25) is 0 Å². The fraction of sp³-hybridized carbons (Fsp3) is 0.214. The molecule has 38 heavy (non-hydrogen) atoms. The number of nitrogens with zero attached hydrogens (tertiary/aromatic N) is 2. The molecule has 0 aliphatic heterocycles. The van der Waals surface area contributed by atoms with E-state index in [0.717, 1.165) is 24.0 Å². The zero-order chi connectivity index (χ0) is 27.7. The lowest BCUT2D eigenvalue weighted by Crippen LogP contribution is -2.29. The molecule has 0 saturated carbocycles. The molecule has 0 aliphatic carbocycles. The molecule has 3 rings (SSSR count). The third-order valence-electron chi connectivity index (χ3n) is 5.56. The van der Waals surface area contributed by atoms with Crippen LogP contribution >= 0.6 is 0 Å². The van der Waals surface area contributed by atoms with Crippen molar-refractivity contribution < 1.29 is 33.8 Å². The minimum Gasteiger partial charge on any atom is -0.493 e. The van der Waals surface area contributed by atoms with Crippen molar-refractivity contribution in [3.8, 4) is 22.6 Å². The van der Waals surface area contributed by atoms with Gasteiger partial charge < -0.3 is 19.3 Å². The molecule has 3 aromatic carbocycles. The molecule has 10 nitrogen and oxygen atoms in total. The second-order valence-corrected chi connectivity index (χ2v) is 8.20. The summed E-state index contributed by atoms with van der Waals surface area (Å²) in [5, 5.41) is 20.1. The van der Waals surface area contributed by atoms with Gasteiger partial charge in [0.15, 0.2) is 0 Å². The highest BCUT2D eigenvalue weighted by Crippen LogP contribution is 2.34. The van der Waals surface area contributed by atoms with Crippen LogP contribution in [0.15, 0.2) is 72.5 Å². The first-order valence-electron chi connectivity index (χ1n) is 11.8. The number of rotatable bonds is 11. The molecular formula is C28H28N2O8. The number of hydrogen-bond donors (Lipinski definition) is 1. The Bertz CT molecular complexity index is 1330. The predicted octanol–water partition coefficient (Wildman–Crippen LogP) is 6.15. The van der Waals surface area contributed by atoms with Crippen LogP contribution in [0.3, 0.4) is 0 Å². The molecule has 0 unspecified atom stereocenters. The van der Waals surface area contributed by atoms with Crippen LogP contribution in [0.1, 0.15) is 25.3 Å². The molecule has 0 spiro atoms. The highest BCUT2D eigenvalue weighted by Gasteiger charge is 2.17. The zero-order valence-electron chi connectivity index (χ0n) is 21.2. The van der Waals surface area contributed by atoms with E-state index in [1.807, 2.05) is 12.1 Å². The first kappa shape index (κ1) is 27.7. The SMILES string of the molecule is CCCCOc1cc(/C=C(\OC)C(=O)O)ccc1-c1cccc(N(C)C(=O)Oc2ccc([N+](=O)[O-])cc2)c1. The Kier molecular flexibility index (Phi) is 9.42. The number of amides is 1. The number of non-ortho nitro benzene ring substituents is 1. The van der Waals surface area contributed by atoms with Crippen molar-refractivity contribution in [3.05, 3.63) is 88.2 Å². The highest BCUT2D eigenvalue weighted by molar-refractivity contribution is 5.91. The second kappa shape index (κ2) is 12.9. The summed E-state index contributed by atoms with van der Waals surface area (Å²) in [5.41, 5.74) is 2.56. The molecule has 10 heteroatoms. The quantitative estimate of drug-likeness (QED) is 0.105. The number of carbonyl (C=O) groups excluding carboxylic acids is 1. The largest absolute Gasteiger partial charge is 0.493 e. The van der Waals surface area contributed by atoms with Crippen molar-refractivity contribution in [2.24, 2.45) is 0 Å². The number of ether oxygens (including phenoxy) is 3. The van der Waals surface area contributed by atoms with E-state index in [1.165, 1.54) is 42.4 Å². The zero-order valence-corrected chi connectivity index (χ0v) is 21.2. The van der Waals surface area contributed by atoms with Crippen LogP contribution in [0, 0.1) is 10.1 Å². The fourth-order valence-electron chi connectivity index (χ4n) is 3.47. The third kappa shape index (κ3) is 7.10. The number of hydrogen-bond acceptors (Lipinski definition) is 7. The Balaban J connectivity index is 1.88. The Morgan fingerprint density at radius 2 is 1.82 bits per heavy atom. The molecule has 0 radical (unpaired) electrons. The van der Waals surface area contributed by atoms with Gasteiger partial charge in [-0.15, -0.1) is 0 Å². The molecular weight excluding hydrogens is 492 g/mol. The van der Waals surface area contributed by atoms with Crippen molar-refractivity contribution >= 4 is 29.5 Å². The van der Waals surface area contributed by atoms with Crippen LogP contribution < -0.4 is 14.4 Å². The van der Waals surface area contributed by atoms with E-state index >= 15 is 0 Å². The van der Waals surface area contributed by atoms with Gasteiger partial charge in [0.2, 0.25) is 5.76 Å². The average Bonchev–Trinajstić information content (AvgIpc) is 2.91. The van der Waals surface area contributed by atoms with Gasteiger partial charge in [0.25, 0.3) is 5.69 Å². The summed E-state index contributed by atoms with van der Waals surface area (Å²) in [6, 6.07) is 17.7. The van der Waals surface area contributed by atoms with Gasteiger partial charge in [-0.05, 0) is 54.0 Å². The monoisotopic (exact) mass is 520 g/mol. The molecule has 1 amide bonds. The number of aliphatic carboxylic acids is 1. The predicted molar refractivity (Wildman–Crippen MR) is 142 cm³/mol. The van der Waals surface area contributed by atoms with E-state index in [1.54, 1.807) is 37.4 Å². The van der Waals surface area contributed by atoms with Crippen LogP contribution in [0.25, 0.3) is 17.2 Å². The molecule has 0 fully saturated rings. The average molecular weight is 521 g/mol. The summed E-state index contributed by atoms with van der Waals surface area (Å²) in [5.74, 6) is -0.647. The number of unbranched alkanes of at least 4 members (excludes halogenated alkanes) is 1. The number of benzene rings is 3. The Labute approximate surface area is 219 Å². The normalized spacial score (nSPS) is 11.0. The van der Waals surface area contributed by atoms with Gasteiger partial charge in [-0.3, -0.25) is 15.0 Å².